The van der Waals surface area contributed by atoms with Crippen molar-refractivity contribution in [2.24, 2.45) is 4.99 Å². The van der Waals surface area contributed by atoms with Crippen LogP contribution >= 0.6 is 23.4 Å². The van der Waals surface area contributed by atoms with E-state index in [0.717, 1.165) is 5.56 Å². The van der Waals surface area contributed by atoms with Gasteiger partial charge in [-0.1, -0.05) is 42.4 Å². The van der Waals surface area contributed by atoms with Gasteiger partial charge in [-0.15, -0.1) is 0 Å². The Hall–Kier alpha value is -2.05. The lowest BCUT2D eigenvalue weighted by Gasteiger charge is -2.23. The number of rotatable bonds is 2. The minimum atomic E-state index is -0.306. The lowest BCUT2D eigenvalue weighted by molar-refractivity contribution is 0.259. The molecule has 24 heavy (non-hydrogen) atoms. The number of amidine groups is 1. The van der Waals surface area contributed by atoms with Crippen LogP contribution in [0, 0.1) is 6.92 Å². The van der Waals surface area contributed by atoms with Crippen molar-refractivity contribution in [1.29, 1.82) is 0 Å². The molecule has 2 amide bonds. The topological polar surface area (TPSA) is 57.6 Å². The molecule has 0 spiro atoms. The van der Waals surface area contributed by atoms with E-state index in [2.05, 4.69) is 22.2 Å². The largest absolute Gasteiger partial charge is 0.333 e. The van der Waals surface area contributed by atoms with Crippen LogP contribution in [0.5, 0.6) is 0 Å². The van der Waals surface area contributed by atoms with Crippen LogP contribution in [-0.2, 0) is 0 Å². The van der Waals surface area contributed by atoms with E-state index >= 15 is 0 Å². The van der Waals surface area contributed by atoms with Gasteiger partial charge in [0, 0.05) is 22.2 Å². The van der Waals surface area contributed by atoms with E-state index in [0.29, 0.717) is 33.5 Å². The van der Waals surface area contributed by atoms with Gasteiger partial charge in [-0.2, -0.15) is 0 Å². The highest BCUT2D eigenvalue weighted by Crippen LogP contribution is 2.28. The Labute approximate surface area is 150 Å². The first kappa shape index (κ1) is 16.8. The van der Waals surface area contributed by atoms with Crippen LogP contribution in [0.1, 0.15) is 12.5 Å². The van der Waals surface area contributed by atoms with E-state index in [1.807, 2.05) is 19.1 Å². The predicted molar refractivity (Wildman–Crippen MR) is 101 cm³/mol. The molecule has 2 aromatic rings. The number of urea groups is 1. The average Bonchev–Trinajstić information content (AvgIpc) is 2.95. The monoisotopic (exact) mass is 360 g/mol. The van der Waals surface area contributed by atoms with Crippen molar-refractivity contribution in [2.75, 3.05) is 16.8 Å². The Kier molecular flexibility index (Phi) is 5.06. The molecule has 0 radical (unpaired) electrons. The molecule has 0 aliphatic carbocycles. The predicted octanol–water partition coefficient (Wildman–Crippen LogP) is 4.57. The number of benzene rings is 1. The standard InChI is InChI=1S/C17H17ClN4OS/c1-11-5-4-8-19-15(11)22(17-20-10-12(2)24-17)16(23)21-14-7-3-6-13(18)9-14/h3-9,12H,10H2,1-2H3,(H,21,23)/t12-/m1/s1. The van der Waals surface area contributed by atoms with E-state index in [1.165, 1.54) is 4.90 Å². The van der Waals surface area contributed by atoms with Crippen molar-refractivity contribution < 1.29 is 4.79 Å². The average molecular weight is 361 g/mol. The summed E-state index contributed by atoms with van der Waals surface area (Å²) in [4.78, 5) is 23.3. The maximum atomic E-state index is 12.9. The van der Waals surface area contributed by atoms with E-state index < -0.39 is 0 Å². The zero-order valence-corrected chi connectivity index (χ0v) is 14.9. The number of nitrogens with one attached hydrogen (secondary N) is 1. The summed E-state index contributed by atoms with van der Waals surface area (Å²) in [5.41, 5.74) is 1.53. The Morgan fingerprint density at radius 3 is 2.88 bits per heavy atom. The van der Waals surface area contributed by atoms with Crippen molar-refractivity contribution in [3.05, 3.63) is 53.2 Å². The molecule has 0 fully saturated rings. The zero-order chi connectivity index (χ0) is 17.1. The molecule has 1 aliphatic rings. The summed E-state index contributed by atoms with van der Waals surface area (Å²) in [5.74, 6) is 0.581. The van der Waals surface area contributed by atoms with Gasteiger partial charge in [0.25, 0.3) is 0 Å². The number of carbonyl (C=O) groups excluding carboxylic acids is 1. The maximum Gasteiger partial charge on any atom is 0.333 e. The summed E-state index contributed by atoms with van der Waals surface area (Å²) >= 11 is 7.56. The van der Waals surface area contributed by atoms with Gasteiger partial charge in [0.05, 0.1) is 6.54 Å². The molecule has 1 aromatic heterocycles. The number of hydrogen-bond donors (Lipinski definition) is 1. The van der Waals surface area contributed by atoms with Gasteiger partial charge in [0.15, 0.2) is 5.17 Å². The fraction of sp³-hybridized carbons (Fsp3) is 0.235. The molecule has 7 heteroatoms. The van der Waals surface area contributed by atoms with Crippen LogP contribution in [0.2, 0.25) is 5.02 Å². The summed E-state index contributed by atoms with van der Waals surface area (Å²) in [5, 5.41) is 4.43. The highest BCUT2D eigenvalue weighted by molar-refractivity contribution is 8.15. The Balaban J connectivity index is 1.92. The van der Waals surface area contributed by atoms with Crippen LogP contribution in [0.4, 0.5) is 16.3 Å². The van der Waals surface area contributed by atoms with Crippen molar-refractivity contribution in [3.63, 3.8) is 0 Å². The molecule has 0 saturated heterocycles. The van der Waals surface area contributed by atoms with Gasteiger partial charge in [0.2, 0.25) is 0 Å². The minimum Gasteiger partial charge on any atom is -0.307 e. The SMILES string of the molecule is Cc1cccnc1N(C(=O)Nc1cccc(Cl)c1)C1=NC[C@@H](C)S1. The molecule has 1 atom stereocenters. The first-order valence-corrected chi connectivity index (χ1v) is 8.80. The number of aromatic nitrogens is 1. The van der Waals surface area contributed by atoms with Crippen molar-refractivity contribution in [3.8, 4) is 0 Å². The van der Waals surface area contributed by atoms with E-state index in [9.17, 15) is 4.79 Å². The first-order valence-electron chi connectivity index (χ1n) is 7.54. The quantitative estimate of drug-likeness (QED) is 0.853. The van der Waals surface area contributed by atoms with Crippen molar-refractivity contribution >= 4 is 46.1 Å². The van der Waals surface area contributed by atoms with E-state index in [-0.39, 0.29) is 6.03 Å². The molecule has 0 bridgehead atoms. The fourth-order valence-electron chi connectivity index (χ4n) is 2.32. The second-order valence-corrected chi connectivity index (χ2v) is 7.31. The fourth-order valence-corrected chi connectivity index (χ4v) is 3.44. The lowest BCUT2D eigenvalue weighted by Crippen LogP contribution is -2.39. The second-order valence-electron chi connectivity index (χ2n) is 5.47. The molecule has 0 saturated carbocycles. The molecule has 1 aliphatic heterocycles. The van der Waals surface area contributed by atoms with Crippen molar-refractivity contribution in [1.82, 2.24) is 4.98 Å². The van der Waals surface area contributed by atoms with Crippen molar-refractivity contribution in [2.45, 2.75) is 19.1 Å². The number of aryl methyl sites for hydroxylation is 1. The zero-order valence-electron chi connectivity index (χ0n) is 13.4. The molecule has 2 heterocycles. The lowest BCUT2D eigenvalue weighted by atomic mass is 10.3. The summed E-state index contributed by atoms with van der Waals surface area (Å²) in [6.45, 7) is 4.69. The number of amides is 2. The molecule has 1 aromatic carbocycles. The van der Waals surface area contributed by atoms with Crippen LogP contribution in [0.25, 0.3) is 0 Å². The number of aliphatic imine (C=N–C) groups is 1. The molecule has 5 nitrogen and oxygen atoms in total. The highest BCUT2D eigenvalue weighted by atomic mass is 35.5. The van der Waals surface area contributed by atoms with Gasteiger partial charge < -0.3 is 5.32 Å². The van der Waals surface area contributed by atoms with Crippen LogP contribution in [-0.4, -0.2) is 28.0 Å². The summed E-state index contributed by atoms with van der Waals surface area (Å²) in [6, 6.07) is 10.5. The van der Waals surface area contributed by atoms with Gasteiger partial charge in [-0.3, -0.25) is 4.99 Å². The highest BCUT2D eigenvalue weighted by Gasteiger charge is 2.29. The molecular weight excluding hydrogens is 344 g/mol. The summed E-state index contributed by atoms with van der Waals surface area (Å²) < 4.78 is 0. The Morgan fingerprint density at radius 2 is 2.21 bits per heavy atom. The Bertz CT molecular complexity index is 796. The number of carbonyl (C=O) groups is 1. The molecule has 1 N–H and O–H groups in total. The first-order chi connectivity index (χ1) is 11.5. The Morgan fingerprint density at radius 1 is 1.38 bits per heavy atom. The molecular formula is C17H17ClN4OS. The number of nitrogens with zero attached hydrogens (tertiary/aromatic N) is 3. The van der Waals surface area contributed by atoms with Gasteiger partial charge in [-0.05, 0) is 36.8 Å². The molecule has 3 rings (SSSR count). The van der Waals surface area contributed by atoms with Gasteiger partial charge >= 0.3 is 6.03 Å². The number of anilines is 2. The number of hydrogen-bond acceptors (Lipinski definition) is 4. The minimum absolute atomic E-state index is 0.306. The molecule has 0 unspecified atom stereocenters. The third-order valence-electron chi connectivity index (χ3n) is 3.45. The number of halogens is 1. The van der Waals surface area contributed by atoms with E-state index in [4.69, 9.17) is 11.6 Å². The van der Waals surface area contributed by atoms with Gasteiger partial charge in [-0.25, -0.2) is 14.7 Å². The number of pyridine rings is 1. The molecule has 124 valence electrons. The third-order valence-corrected chi connectivity index (χ3v) is 4.76. The van der Waals surface area contributed by atoms with Gasteiger partial charge in [0.1, 0.15) is 5.82 Å². The summed E-state index contributed by atoms with van der Waals surface area (Å²) in [7, 11) is 0. The number of thioether (sulfide) groups is 1. The van der Waals surface area contributed by atoms with Crippen LogP contribution in [0.15, 0.2) is 47.6 Å². The third kappa shape index (κ3) is 3.71. The second kappa shape index (κ2) is 7.23. The van der Waals surface area contributed by atoms with E-state index in [1.54, 1.807) is 42.2 Å². The summed E-state index contributed by atoms with van der Waals surface area (Å²) in [6.07, 6.45) is 1.67. The normalized spacial score (nSPS) is 16.6. The maximum absolute atomic E-state index is 12.9. The van der Waals surface area contributed by atoms with Crippen LogP contribution < -0.4 is 10.2 Å². The smallest absolute Gasteiger partial charge is 0.307 e. The van der Waals surface area contributed by atoms with Crippen LogP contribution in [0.3, 0.4) is 0 Å².